The summed E-state index contributed by atoms with van der Waals surface area (Å²) in [5.41, 5.74) is 7.25. The lowest BCUT2D eigenvalue weighted by Crippen LogP contribution is -2.43. The minimum Gasteiger partial charge on any atom is -0.444 e. The molecular formula is C32H33N5O2. The number of aryl methyl sites for hydroxylation is 1. The molecule has 1 amide bonds. The van der Waals surface area contributed by atoms with E-state index in [0.717, 1.165) is 55.9 Å². The lowest BCUT2D eigenvalue weighted by Gasteiger charge is -2.29. The molecule has 5 aromatic rings. The van der Waals surface area contributed by atoms with Crippen molar-refractivity contribution < 1.29 is 9.53 Å². The summed E-state index contributed by atoms with van der Waals surface area (Å²) in [4.78, 5) is 29.7. The average Bonchev–Trinajstić information content (AvgIpc) is 3.36. The van der Waals surface area contributed by atoms with E-state index in [0.29, 0.717) is 0 Å². The molecule has 0 radical (unpaired) electrons. The molecule has 0 saturated heterocycles. The van der Waals surface area contributed by atoms with E-state index in [1.807, 2.05) is 96.5 Å². The minimum absolute atomic E-state index is 0.442. The van der Waals surface area contributed by atoms with Crippen molar-refractivity contribution in [3.05, 3.63) is 90.5 Å². The Morgan fingerprint density at radius 1 is 0.846 bits per heavy atom. The number of carbonyl (C=O) groups excluding carboxylic acids is 1. The van der Waals surface area contributed by atoms with Crippen LogP contribution >= 0.6 is 0 Å². The molecule has 39 heavy (non-hydrogen) atoms. The van der Waals surface area contributed by atoms with E-state index in [1.54, 1.807) is 0 Å². The molecule has 198 valence electrons. The normalized spacial score (nSPS) is 11.9. The Kier molecular flexibility index (Phi) is 6.68. The molecule has 0 aliphatic carbocycles. The number of amides is 1. The number of nitrogens with one attached hydrogen (secondary N) is 2. The summed E-state index contributed by atoms with van der Waals surface area (Å²) in [6.45, 7) is 11.4. The highest BCUT2D eigenvalue weighted by Gasteiger charge is 2.26. The van der Waals surface area contributed by atoms with Crippen molar-refractivity contribution in [3.8, 4) is 33.6 Å². The Morgan fingerprint density at radius 3 is 2.31 bits per heavy atom. The van der Waals surface area contributed by atoms with Crippen LogP contribution in [0.2, 0.25) is 0 Å². The van der Waals surface area contributed by atoms with Crippen LogP contribution in [0.1, 0.15) is 45.9 Å². The molecule has 5 rings (SSSR count). The van der Waals surface area contributed by atoms with E-state index in [4.69, 9.17) is 9.72 Å². The number of hydrogen-bond donors (Lipinski definition) is 2. The standard InChI is InChI=1S/C32H33N5O2/c1-20-8-7-9-27(35-20)28-17-26(25-14-15-34-29(25)36-28)23-16-22(18-33-19-23)21-10-12-24(13-11-21)32(5,6)37-30(38)39-31(2,3)4/h7-19H,1-6H3,(H,34,36)(H,37,38). The molecule has 0 aliphatic rings. The van der Waals surface area contributed by atoms with Crippen LogP contribution in [0, 0.1) is 6.92 Å². The first-order chi connectivity index (χ1) is 18.5. The van der Waals surface area contributed by atoms with Gasteiger partial charge >= 0.3 is 6.09 Å². The molecule has 7 heteroatoms. The number of alkyl carbamates (subject to hydrolysis) is 1. The molecule has 0 bridgehead atoms. The first-order valence-electron chi connectivity index (χ1n) is 13.0. The Labute approximate surface area is 228 Å². The van der Waals surface area contributed by atoms with E-state index < -0.39 is 17.2 Å². The minimum atomic E-state index is -0.599. The van der Waals surface area contributed by atoms with Gasteiger partial charge in [0.25, 0.3) is 0 Å². The first kappa shape index (κ1) is 26.1. The van der Waals surface area contributed by atoms with Crippen molar-refractivity contribution in [1.82, 2.24) is 25.3 Å². The topological polar surface area (TPSA) is 92.8 Å². The summed E-state index contributed by atoms with van der Waals surface area (Å²) in [5, 5.41) is 3.99. The fourth-order valence-electron chi connectivity index (χ4n) is 4.55. The number of benzene rings is 1. The monoisotopic (exact) mass is 519 g/mol. The van der Waals surface area contributed by atoms with Crippen LogP contribution in [0.5, 0.6) is 0 Å². The molecule has 0 aliphatic heterocycles. The van der Waals surface area contributed by atoms with Gasteiger partial charge in [0.15, 0.2) is 0 Å². The average molecular weight is 520 g/mol. The lowest BCUT2D eigenvalue weighted by atomic mass is 9.92. The Balaban J connectivity index is 1.46. The van der Waals surface area contributed by atoms with Crippen LogP contribution in [0.3, 0.4) is 0 Å². The van der Waals surface area contributed by atoms with Crippen LogP contribution in [-0.4, -0.2) is 31.6 Å². The molecule has 1 aromatic carbocycles. The SMILES string of the molecule is Cc1cccc(-c2cc(-c3cncc(-c4ccc(C(C)(C)NC(=O)OC(C)(C)C)cc4)c3)c3cc[nH]c3n2)n1. The highest BCUT2D eigenvalue weighted by atomic mass is 16.6. The lowest BCUT2D eigenvalue weighted by molar-refractivity contribution is 0.0470. The second-order valence-corrected chi connectivity index (χ2v) is 11.3. The van der Waals surface area contributed by atoms with Gasteiger partial charge in [0.1, 0.15) is 11.2 Å². The predicted molar refractivity (Wildman–Crippen MR) is 155 cm³/mol. The van der Waals surface area contributed by atoms with E-state index >= 15 is 0 Å². The van der Waals surface area contributed by atoms with E-state index in [9.17, 15) is 4.79 Å². The smallest absolute Gasteiger partial charge is 0.408 e. The largest absolute Gasteiger partial charge is 0.444 e. The van der Waals surface area contributed by atoms with E-state index in [-0.39, 0.29) is 0 Å². The summed E-state index contributed by atoms with van der Waals surface area (Å²) >= 11 is 0. The fraction of sp³-hybridized carbons (Fsp3) is 0.250. The molecule has 0 saturated carbocycles. The Bertz CT molecular complexity index is 1650. The molecule has 0 spiro atoms. The molecule has 4 heterocycles. The van der Waals surface area contributed by atoms with Gasteiger partial charge in [0.05, 0.1) is 16.9 Å². The van der Waals surface area contributed by atoms with Crippen LogP contribution in [0.25, 0.3) is 44.7 Å². The third-order valence-electron chi connectivity index (χ3n) is 6.48. The number of nitrogens with zero attached hydrogens (tertiary/aromatic N) is 3. The second-order valence-electron chi connectivity index (χ2n) is 11.3. The van der Waals surface area contributed by atoms with Crippen molar-refractivity contribution in [1.29, 1.82) is 0 Å². The van der Waals surface area contributed by atoms with Crippen molar-refractivity contribution in [2.24, 2.45) is 0 Å². The molecule has 4 aromatic heterocycles. The van der Waals surface area contributed by atoms with Crippen molar-refractivity contribution in [3.63, 3.8) is 0 Å². The van der Waals surface area contributed by atoms with Crippen LogP contribution in [0.15, 0.2) is 79.3 Å². The summed E-state index contributed by atoms with van der Waals surface area (Å²) in [5.74, 6) is 0. The number of aromatic nitrogens is 4. The van der Waals surface area contributed by atoms with Gasteiger partial charge in [0, 0.05) is 40.8 Å². The van der Waals surface area contributed by atoms with Gasteiger partial charge < -0.3 is 15.0 Å². The molecule has 0 fully saturated rings. The number of H-pyrrole nitrogens is 1. The summed E-state index contributed by atoms with van der Waals surface area (Å²) < 4.78 is 5.44. The Hall–Kier alpha value is -4.52. The summed E-state index contributed by atoms with van der Waals surface area (Å²) in [6.07, 6.45) is 5.20. The zero-order chi connectivity index (χ0) is 27.8. The quantitative estimate of drug-likeness (QED) is 0.252. The van der Waals surface area contributed by atoms with E-state index in [2.05, 4.69) is 44.5 Å². The van der Waals surface area contributed by atoms with Gasteiger partial charge in [-0.1, -0.05) is 30.3 Å². The van der Waals surface area contributed by atoms with Crippen molar-refractivity contribution in [2.45, 2.75) is 52.7 Å². The molecule has 0 atom stereocenters. The maximum atomic E-state index is 12.4. The number of rotatable bonds is 5. The Morgan fingerprint density at radius 2 is 1.59 bits per heavy atom. The zero-order valence-electron chi connectivity index (χ0n) is 23.2. The maximum Gasteiger partial charge on any atom is 0.408 e. The number of fused-ring (bicyclic) bond motifs is 1. The maximum absolute atomic E-state index is 12.4. The highest BCUT2D eigenvalue weighted by Crippen LogP contribution is 2.33. The van der Waals surface area contributed by atoms with Crippen molar-refractivity contribution >= 4 is 17.1 Å². The van der Waals surface area contributed by atoms with E-state index in [1.165, 1.54) is 0 Å². The van der Waals surface area contributed by atoms with Gasteiger partial charge in [-0.2, -0.15) is 0 Å². The third kappa shape index (κ3) is 5.82. The molecule has 7 nitrogen and oxygen atoms in total. The number of hydrogen-bond acceptors (Lipinski definition) is 5. The third-order valence-corrected chi connectivity index (χ3v) is 6.48. The highest BCUT2D eigenvalue weighted by molar-refractivity contribution is 5.95. The first-order valence-corrected chi connectivity index (χ1v) is 13.0. The molecule has 0 unspecified atom stereocenters. The second kappa shape index (κ2) is 9.98. The van der Waals surface area contributed by atoms with Gasteiger partial charge in [-0.25, -0.2) is 9.78 Å². The van der Waals surface area contributed by atoms with Gasteiger partial charge in [0.2, 0.25) is 0 Å². The number of ether oxygens (including phenoxy) is 1. The fourth-order valence-corrected chi connectivity index (χ4v) is 4.55. The molecular weight excluding hydrogens is 486 g/mol. The predicted octanol–water partition coefficient (Wildman–Crippen LogP) is 7.42. The summed E-state index contributed by atoms with van der Waals surface area (Å²) in [6, 6.07) is 20.3. The van der Waals surface area contributed by atoms with Crippen molar-refractivity contribution in [2.75, 3.05) is 0 Å². The van der Waals surface area contributed by atoms with Gasteiger partial charge in [-0.05, 0) is 88.6 Å². The number of aromatic amines is 1. The number of pyridine rings is 3. The van der Waals surface area contributed by atoms with Gasteiger partial charge in [-0.3, -0.25) is 9.97 Å². The van der Waals surface area contributed by atoms with Crippen LogP contribution < -0.4 is 5.32 Å². The number of carbonyl (C=O) groups is 1. The van der Waals surface area contributed by atoms with Crippen LogP contribution in [-0.2, 0) is 10.3 Å². The van der Waals surface area contributed by atoms with Crippen LogP contribution in [0.4, 0.5) is 4.79 Å². The molecule has 2 N–H and O–H groups in total. The van der Waals surface area contributed by atoms with Gasteiger partial charge in [-0.15, -0.1) is 0 Å². The zero-order valence-corrected chi connectivity index (χ0v) is 23.2. The summed E-state index contributed by atoms with van der Waals surface area (Å²) in [7, 11) is 0.